The second-order valence-electron chi connectivity index (χ2n) is 4.49. The average molecular weight is 205 g/mol. The highest BCUT2D eigenvalue weighted by Gasteiger charge is 2.42. The molecule has 1 atom stereocenters. The van der Waals surface area contributed by atoms with Crippen LogP contribution < -0.4 is 5.73 Å². The van der Waals surface area contributed by atoms with Crippen LogP contribution in [0.2, 0.25) is 0 Å². The van der Waals surface area contributed by atoms with Gasteiger partial charge < -0.3 is 10.5 Å². The van der Waals surface area contributed by atoms with E-state index in [2.05, 4.69) is 31.2 Å². The smallest absolute Gasteiger partial charge is 0.0793 e. The van der Waals surface area contributed by atoms with Gasteiger partial charge in [0.15, 0.2) is 0 Å². The molecule has 0 amide bonds. The Bertz CT molecular complexity index is 344. The van der Waals surface area contributed by atoms with Gasteiger partial charge in [-0.3, -0.25) is 0 Å². The van der Waals surface area contributed by atoms with Crippen LogP contribution in [0.3, 0.4) is 0 Å². The van der Waals surface area contributed by atoms with Crippen molar-refractivity contribution in [1.29, 1.82) is 0 Å². The fourth-order valence-corrected chi connectivity index (χ4v) is 2.02. The first-order chi connectivity index (χ1) is 7.22. The molecule has 2 nitrogen and oxygen atoms in total. The molecular formula is C13H19NO. The summed E-state index contributed by atoms with van der Waals surface area (Å²) in [5, 5.41) is 0. The van der Waals surface area contributed by atoms with Crippen molar-refractivity contribution in [2.24, 2.45) is 5.73 Å². The molecule has 0 heterocycles. The molecule has 1 aromatic carbocycles. The predicted octanol–water partition coefficient (Wildman–Crippen LogP) is 2.38. The normalized spacial score (nSPS) is 19.9. The van der Waals surface area contributed by atoms with E-state index in [0.717, 1.165) is 6.54 Å². The van der Waals surface area contributed by atoms with Gasteiger partial charge in [-0.1, -0.05) is 24.3 Å². The minimum atomic E-state index is 0.165. The maximum Gasteiger partial charge on any atom is 0.0793 e. The number of methoxy groups -OCH3 is 1. The molecule has 0 spiro atoms. The Morgan fingerprint density at radius 2 is 2.20 bits per heavy atom. The molecule has 1 aromatic rings. The van der Waals surface area contributed by atoms with Crippen LogP contribution in [0.4, 0.5) is 0 Å². The summed E-state index contributed by atoms with van der Waals surface area (Å²) in [5.41, 5.74) is 8.74. The van der Waals surface area contributed by atoms with Crippen molar-refractivity contribution in [1.82, 2.24) is 0 Å². The highest BCUT2D eigenvalue weighted by Crippen LogP contribution is 2.47. The van der Waals surface area contributed by atoms with E-state index in [-0.39, 0.29) is 11.5 Å². The zero-order chi connectivity index (χ0) is 10.9. The molecule has 1 fully saturated rings. The highest BCUT2D eigenvalue weighted by molar-refractivity contribution is 5.35. The van der Waals surface area contributed by atoms with Crippen LogP contribution in [-0.4, -0.2) is 13.7 Å². The van der Waals surface area contributed by atoms with Gasteiger partial charge in [-0.25, -0.2) is 0 Å². The van der Waals surface area contributed by atoms with E-state index < -0.39 is 0 Å². The van der Waals surface area contributed by atoms with Crippen LogP contribution in [0, 0.1) is 0 Å². The van der Waals surface area contributed by atoms with Crippen molar-refractivity contribution in [2.75, 3.05) is 13.7 Å². The van der Waals surface area contributed by atoms with E-state index in [0.29, 0.717) is 0 Å². The lowest BCUT2D eigenvalue weighted by Crippen LogP contribution is -2.19. The first-order valence-corrected chi connectivity index (χ1v) is 5.55. The Morgan fingerprint density at radius 1 is 1.47 bits per heavy atom. The van der Waals surface area contributed by atoms with Crippen LogP contribution in [0.5, 0.6) is 0 Å². The molecular weight excluding hydrogens is 186 g/mol. The number of ether oxygens (including phenoxy) is 1. The van der Waals surface area contributed by atoms with E-state index in [1.54, 1.807) is 7.11 Å². The quantitative estimate of drug-likeness (QED) is 0.819. The van der Waals surface area contributed by atoms with Crippen molar-refractivity contribution in [3.63, 3.8) is 0 Å². The standard InChI is InChI=1S/C13H19NO/c1-10(15-2)11-4-3-5-12(8-11)13(9-14)6-7-13/h3-5,8,10H,6-7,9,14H2,1-2H3. The minimum absolute atomic E-state index is 0.165. The topological polar surface area (TPSA) is 35.2 Å². The molecule has 2 heteroatoms. The Morgan fingerprint density at radius 3 is 2.73 bits per heavy atom. The lowest BCUT2D eigenvalue weighted by molar-refractivity contribution is 0.119. The molecule has 0 saturated heterocycles. The second kappa shape index (κ2) is 3.95. The van der Waals surface area contributed by atoms with Crippen molar-refractivity contribution in [3.05, 3.63) is 35.4 Å². The molecule has 1 unspecified atom stereocenters. The maximum atomic E-state index is 5.83. The van der Waals surface area contributed by atoms with Gasteiger partial charge in [0.1, 0.15) is 0 Å². The molecule has 1 aliphatic rings. The summed E-state index contributed by atoms with van der Waals surface area (Å²) in [7, 11) is 1.74. The first kappa shape index (κ1) is 10.7. The van der Waals surface area contributed by atoms with Crippen LogP contribution in [0.1, 0.15) is 37.0 Å². The summed E-state index contributed by atoms with van der Waals surface area (Å²) in [5.74, 6) is 0. The SMILES string of the molecule is COC(C)c1cccc(C2(CN)CC2)c1. The lowest BCUT2D eigenvalue weighted by Gasteiger charge is -2.16. The Kier molecular flexibility index (Phi) is 2.81. The summed E-state index contributed by atoms with van der Waals surface area (Å²) in [6, 6.07) is 8.65. The molecule has 1 saturated carbocycles. The number of nitrogens with two attached hydrogens (primary N) is 1. The Labute approximate surface area is 91.4 Å². The number of rotatable bonds is 4. The first-order valence-electron chi connectivity index (χ1n) is 5.55. The van der Waals surface area contributed by atoms with Gasteiger partial charge in [0, 0.05) is 19.1 Å². The van der Waals surface area contributed by atoms with Gasteiger partial charge >= 0.3 is 0 Å². The molecule has 2 rings (SSSR count). The number of hydrogen-bond donors (Lipinski definition) is 1. The van der Waals surface area contributed by atoms with Crippen LogP contribution in [0.25, 0.3) is 0 Å². The summed E-state index contributed by atoms with van der Waals surface area (Å²) >= 11 is 0. The third-order valence-corrected chi connectivity index (χ3v) is 3.57. The number of hydrogen-bond acceptors (Lipinski definition) is 2. The van der Waals surface area contributed by atoms with Crippen molar-refractivity contribution in [3.8, 4) is 0 Å². The van der Waals surface area contributed by atoms with Gasteiger partial charge in [-0.2, -0.15) is 0 Å². The Balaban J connectivity index is 2.27. The molecule has 82 valence electrons. The van der Waals surface area contributed by atoms with Crippen molar-refractivity contribution < 1.29 is 4.74 Å². The van der Waals surface area contributed by atoms with Gasteiger partial charge in [-0.05, 0) is 30.9 Å². The third kappa shape index (κ3) is 1.92. The zero-order valence-corrected chi connectivity index (χ0v) is 9.49. The second-order valence-corrected chi connectivity index (χ2v) is 4.49. The lowest BCUT2D eigenvalue weighted by atomic mass is 9.93. The minimum Gasteiger partial charge on any atom is -0.377 e. The molecule has 2 N–H and O–H groups in total. The van der Waals surface area contributed by atoms with Crippen molar-refractivity contribution >= 4 is 0 Å². The molecule has 15 heavy (non-hydrogen) atoms. The van der Waals surface area contributed by atoms with E-state index >= 15 is 0 Å². The highest BCUT2D eigenvalue weighted by atomic mass is 16.5. The largest absolute Gasteiger partial charge is 0.377 e. The molecule has 0 aliphatic heterocycles. The van der Waals surface area contributed by atoms with Crippen molar-refractivity contribution in [2.45, 2.75) is 31.3 Å². The summed E-state index contributed by atoms with van der Waals surface area (Å²) in [6.45, 7) is 2.83. The van der Waals surface area contributed by atoms with Gasteiger partial charge in [0.2, 0.25) is 0 Å². The summed E-state index contributed by atoms with van der Waals surface area (Å²) < 4.78 is 5.33. The Hall–Kier alpha value is -0.860. The van der Waals surface area contributed by atoms with Gasteiger partial charge in [-0.15, -0.1) is 0 Å². The molecule has 0 radical (unpaired) electrons. The third-order valence-electron chi connectivity index (χ3n) is 3.57. The van der Waals surface area contributed by atoms with E-state index in [1.807, 2.05) is 0 Å². The van der Waals surface area contributed by atoms with E-state index in [9.17, 15) is 0 Å². The van der Waals surface area contributed by atoms with E-state index in [4.69, 9.17) is 10.5 Å². The van der Waals surface area contributed by atoms with E-state index in [1.165, 1.54) is 24.0 Å². The molecule has 1 aliphatic carbocycles. The monoisotopic (exact) mass is 205 g/mol. The number of benzene rings is 1. The van der Waals surface area contributed by atoms with Crippen LogP contribution >= 0.6 is 0 Å². The van der Waals surface area contributed by atoms with Crippen LogP contribution in [0.15, 0.2) is 24.3 Å². The van der Waals surface area contributed by atoms with Gasteiger partial charge in [0.25, 0.3) is 0 Å². The summed E-state index contributed by atoms with van der Waals surface area (Å²) in [6.07, 6.45) is 2.63. The fraction of sp³-hybridized carbons (Fsp3) is 0.538. The molecule has 0 aromatic heterocycles. The fourth-order valence-electron chi connectivity index (χ4n) is 2.02. The maximum absolute atomic E-state index is 5.83. The average Bonchev–Trinajstić information content (AvgIpc) is 3.09. The van der Waals surface area contributed by atoms with Gasteiger partial charge in [0.05, 0.1) is 6.10 Å². The zero-order valence-electron chi connectivity index (χ0n) is 9.49. The molecule has 0 bridgehead atoms. The van der Waals surface area contributed by atoms with Crippen LogP contribution in [-0.2, 0) is 10.2 Å². The summed E-state index contributed by atoms with van der Waals surface area (Å²) in [4.78, 5) is 0. The predicted molar refractivity (Wildman–Crippen MR) is 61.8 cm³/mol.